The normalized spacial score (nSPS) is 10.7. The maximum Gasteiger partial charge on any atom is 0.347 e. The van der Waals surface area contributed by atoms with E-state index >= 15 is 0 Å². The lowest BCUT2D eigenvalue weighted by molar-refractivity contribution is 0.103. The van der Waals surface area contributed by atoms with Gasteiger partial charge in [0.1, 0.15) is 22.6 Å². The standard InChI is InChI=1S/C15H9NO5/c17-9-5-12(18)10-7-11(15(20)21-13(10)6-9)14(19)8-1-3-16-4-2-8/h1-7,17-18H. The van der Waals surface area contributed by atoms with Crippen molar-refractivity contribution in [2.45, 2.75) is 0 Å². The third-order valence-corrected chi connectivity index (χ3v) is 3.00. The highest BCUT2D eigenvalue weighted by Crippen LogP contribution is 2.29. The fourth-order valence-electron chi connectivity index (χ4n) is 2.00. The number of hydrogen-bond donors (Lipinski definition) is 2. The van der Waals surface area contributed by atoms with Crippen molar-refractivity contribution in [1.29, 1.82) is 0 Å². The van der Waals surface area contributed by atoms with Crippen LogP contribution in [0.25, 0.3) is 11.0 Å². The number of benzene rings is 1. The lowest BCUT2D eigenvalue weighted by atomic mass is 10.0. The van der Waals surface area contributed by atoms with Crippen LogP contribution in [0.4, 0.5) is 0 Å². The summed E-state index contributed by atoms with van der Waals surface area (Å²) in [5, 5.41) is 19.3. The van der Waals surface area contributed by atoms with Crippen molar-refractivity contribution in [3.63, 3.8) is 0 Å². The first-order chi connectivity index (χ1) is 10.1. The third-order valence-electron chi connectivity index (χ3n) is 3.00. The van der Waals surface area contributed by atoms with Crippen molar-refractivity contribution in [1.82, 2.24) is 4.98 Å². The Labute approximate surface area is 117 Å². The van der Waals surface area contributed by atoms with Crippen LogP contribution in [-0.2, 0) is 0 Å². The summed E-state index contributed by atoms with van der Waals surface area (Å²) >= 11 is 0. The molecule has 1 aromatic carbocycles. The molecule has 6 heteroatoms. The average Bonchev–Trinajstić information content (AvgIpc) is 2.46. The topological polar surface area (TPSA) is 101 Å². The predicted molar refractivity (Wildman–Crippen MR) is 73.5 cm³/mol. The summed E-state index contributed by atoms with van der Waals surface area (Å²) in [5.74, 6) is -1.05. The molecule has 2 N–H and O–H groups in total. The molecule has 0 amide bonds. The van der Waals surface area contributed by atoms with Gasteiger partial charge in [0.25, 0.3) is 0 Å². The lowest BCUT2D eigenvalue weighted by Gasteiger charge is -2.04. The number of ketones is 1. The summed E-state index contributed by atoms with van der Waals surface area (Å²) in [7, 11) is 0. The minimum absolute atomic E-state index is 0.00350. The highest BCUT2D eigenvalue weighted by Gasteiger charge is 2.17. The number of phenols is 2. The molecule has 0 unspecified atom stereocenters. The van der Waals surface area contributed by atoms with Gasteiger partial charge in [0.2, 0.25) is 0 Å². The van der Waals surface area contributed by atoms with Crippen LogP contribution in [0, 0.1) is 0 Å². The molecule has 0 atom stereocenters. The van der Waals surface area contributed by atoms with E-state index in [9.17, 15) is 19.8 Å². The number of nitrogens with zero attached hydrogens (tertiary/aromatic N) is 1. The summed E-state index contributed by atoms with van der Waals surface area (Å²) in [6.45, 7) is 0. The van der Waals surface area contributed by atoms with Crippen LogP contribution >= 0.6 is 0 Å². The first-order valence-corrected chi connectivity index (χ1v) is 6.01. The van der Waals surface area contributed by atoms with E-state index in [0.29, 0.717) is 0 Å². The van der Waals surface area contributed by atoms with Gasteiger partial charge in [-0.3, -0.25) is 9.78 Å². The highest BCUT2D eigenvalue weighted by molar-refractivity contribution is 6.10. The zero-order valence-electron chi connectivity index (χ0n) is 10.6. The molecule has 0 aliphatic heterocycles. The van der Waals surface area contributed by atoms with Crippen molar-refractivity contribution in [2.24, 2.45) is 0 Å². The Balaban J connectivity index is 2.22. The molecule has 0 radical (unpaired) electrons. The number of carbonyl (C=O) groups is 1. The number of phenolic OH excluding ortho intramolecular Hbond substituents is 2. The smallest absolute Gasteiger partial charge is 0.347 e. The Kier molecular flexibility index (Phi) is 2.91. The highest BCUT2D eigenvalue weighted by atomic mass is 16.4. The number of pyridine rings is 1. The first-order valence-electron chi connectivity index (χ1n) is 6.01. The van der Waals surface area contributed by atoms with Gasteiger partial charge in [0.05, 0.1) is 5.39 Å². The van der Waals surface area contributed by atoms with Gasteiger partial charge in [-0.25, -0.2) is 4.79 Å². The van der Waals surface area contributed by atoms with E-state index in [4.69, 9.17) is 4.42 Å². The van der Waals surface area contributed by atoms with Gasteiger partial charge in [-0.15, -0.1) is 0 Å². The molecule has 0 aliphatic carbocycles. The molecular formula is C15H9NO5. The Hall–Kier alpha value is -3.15. The number of aromatic hydroxyl groups is 2. The second-order valence-corrected chi connectivity index (χ2v) is 4.39. The van der Waals surface area contributed by atoms with Gasteiger partial charge in [-0.1, -0.05) is 0 Å². The molecule has 21 heavy (non-hydrogen) atoms. The fraction of sp³-hybridized carbons (Fsp3) is 0. The molecule has 0 aliphatic rings. The molecule has 0 fully saturated rings. The zero-order valence-corrected chi connectivity index (χ0v) is 10.6. The first kappa shape index (κ1) is 12.9. The van der Waals surface area contributed by atoms with Gasteiger partial charge >= 0.3 is 5.63 Å². The molecule has 0 spiro atoms. The fourth-order valence-corrected chi connectivity index (χ4v) is 2.00. The maximum absolute atomic E-state index is 12.3. The van der Waals surface area contributed by atoms with Gasteiger partial charge in [0.15, 0.2) is 5.78 Å². The predicted octanol–water partition coefficient (Wildman–Crippen LogP) is 1.83. The van der Waals surface area contributed by atoms with Crippen molar-refractivity contribution < 1.29 is 19.4 Å². The van der Waals surface area contributed by atoms with Gasteiger partial charge in [-0.05, 0) is 18.2 Å². The van der Waals surface area contributed by atoms with Crippen LogP contribution < -0.4 is 5.63 Å². The molecule has 2 heterocycles. The molecule has 3 aromatic rings. The van der Waals surface area contributed by atoms with E-state index < -0.39 is 11.4 Å². The summed E-state index contributed by atoms with van der Waals surface area (Å²) in [5.41, 5.74) is -0.748. The van der Waals surface area contributed by atoms with E-state index in [2.05, 4.69) is 4.98 Å². The van der Waals surface area contributed by atoms with Crippen LogP contribution in [-0.4, -0.2) is 21.0 Å². The van der Waals surface area contributed by atoms with E-state index in [-0.39, 0.29) is 33.6 Å². The van der Waals surface area contributed by atoms with Crippen LogP contribution in [0.3, 0.4) is 0 Å². The van der Waals surface area contributed by atoms with Crippen LogP contribution in [0.15, 0.2) is 51.9 Å². The van der Waals surface area contributed by atoms with Crippen molar-refractivity contribution in [3.8, 4) is 11.5 Å². The summed E-state index contributed by atoms with van der Waals surface area (Å²) < 4.78 is 4.99. The monoisotopic (exact) mass is 283 g/mol. The number of carbonyl (C=O) groups excluding carboxylic acids is 1. The quantitative estimate of drug-likeness (QED) is 0.549. The molecule has 3 rings (SSSR count). The molecule has 0 saturated heterocycles. The molecule has 2 aromatic heterocycles. The summed E-state index contributed by atoms with van der Waals surface area (Å²) in [4.78, 5) is 28.0. The lowest BCUT2D eigenvalue weighted by Crippen LogP contribution is -2.14. The second kappa shape index (κ2) is 4.75. The zero-order chi connectivity index (χ0) is 15.0. The Morgan fingerprint density at radius 3 is 2.52 bits per heavy atom. The number of rotatable bonds is 2. The van der Waals surface area contributed by atoms with Crippen LogP contribution in [0.5, 0.6) is 11.5 Å². The van der Waals surface area contributed by atoms with Crippen molar-refractivity contribution >= 4 is 16.8 Å². The summed E-state index contributed by atoms with van der Waals surface area (Å²) in [6, 6.07) is 6.49. The van der Waals surface area contributed by atoms with Crippen LogP contribution in [0.1, 0.15) is 15.9 Å². The van der Waals surface area contributed by atoms with Crippen molar-refractivity contribution in [2.75, 3.05) is 0 Å². The second-order valence-electron chi connectivity index (χ2n) is 4.39. The van der Waals surface area contributed by atoms with Crippen molar-refractivity contribution in [3.05, 3.63) is 64.3 Å². The minimum Gasteiger partial charge on any atom is -0.508 e. The van der Waals surface area contributed by atoms with E-state index in [1.807, 2.05) is 0 Å². The van der Waals surface area contributed by atoms with Gasteiger partial charge < -0.3 is 14.6 Å². The Morgan fingerprint density at radius 2 is 1.81 bits per heavy atom. The van der Waals surface area contributed by atoms with Gasteiger partial charge in [-0.2, -0.15) is 0 Å². The molecular weight excluding hydrogens is 274 g/mol. The van der Waals surface area contributed by atoms with Crippen LogP contribution in [0.2, 0.25) is 0 Å². The minimum atomic E-state index is -0.839. The number of fused-ring (bicyclic) bond motifs is 1. The molecule has 0 saturated carbocycles. The molecule has 0 bridgehead atoms. The van der Waals surface area contributed by atoms with E-state index in [1.54, 1.807) is 0 Å². The number of hydrogen-bond acceptors (Lipinski definition) is 6. The van der Waals surface area contributed by atoms with E-state index in [1.165, 1.54) is 36.7 Å². The Morgan fingerprint density at radius 1 is 1.10 bits per heavy atom. The van der Waals surface area contributed by atoms with Gasteiger partial charge in [0, 0.05) is 30.1 Å². The molecule has 6 nitrogen and oxygen atoms in total. The largest absolute Gasteiger partial charge is 0.508 e. The number of aromatic nitrogens is 1. The maximum atomic E-state index is 12.3. The Bertz CT molecular complexity index is 899. The average molecular weight is 283 g/mol. The summed E-state index contributed by atoms with van der Waals surface area (Å²) in [6.07, 6.45) is 2.87. The third kappa shape index (κ3) is 2.23. The van der Waals surface area contributed by atoms with E-state index in [0.717, 1.165) is 6.07 Å². The molecule has 104 valence electrons. The SMILES string of the molecule is O=C(c1ccncc1)c1cc2c(O)cc(O)cc2oc1=O.